The number of aromatic amines is 1. The number of halogens is 1. The molecule has 0 radical (unpaired) electrons. The molecule has 5 nitrogen and oxygen atoms in total. The number of benzene rings is 2. The second kappa shape index (κ2) is 7.50. The maximum absolute atomic E-state index is 13.4. The summed E-state index contributed by atoms with van der Waals surface area (Å²) < 4.78 is 0. The molecule has 4 aromatic rings. The van der Waals surface area contributed by atoms with Gasteiger partial charge in [0.25, 0.3) is 0 Å². The van der Waals surface area contributed by atoms with Crippen LogP contribution in [0.2, 0.25) is 5.02 Å². The van der Waals surface area contributed by atoms with E-state index in [9.17, 15) is 4.79 Å². The highest BCUT2D eigenvalue weighted by molar-refractivity contribution is 6.31. The van der Waals surface area contributed by atoms with Gasteiger partial charge in [0, 0.05) is 46.2 Å². The topological polar surface area (TPSA) is 61.0 Å². The van der Waals surface area contributed by atoms with Gasteiger partial charge >= 0.3 is 6.03 Å². The minimum absolute atomic E-state index is 0.154. The third-order valence-corrected chi connectivity index (χ3v) is 6.21. The molecule has 0 aliphatic carbocycles. The number of urea groups is 1. The van der Waals surface area contributed by atoms with Crippen LogP contribution in [-0.2, 0) is 6.42 Å². The molecule has 2 aromatic heterocycles. The van der Waals surface area contributed by atoms with Gasteiger partial charge in [0.1, 0.15) is 6.04 Å². The molecule has 5 rings (SSSR count). The lowest BCUT2D eigenvalue weighted by Gasteiger charge is -2.36. The lowest BCUT2D eigenvalue weighted by Crippen LogP contribution is -2.43. The Morgan fingerprint density at radius 3 is 2.87 bits per heavy atom. The highest BCUT2D eigenvalue weighted by Crippen LogP contribution is 2.38. The minimum atomic E-state index is -0.241. The number of nitrogens with zero attached hydrogens (tertiary/aromatic N) is 2. The Morgan fingerprint density at radius 2 is 2.03 bits per heavy atom. The van der Waals surface area contributed by atoms with Crippen molar-refractivity contribution in [3.63, 3.8) is 0 Å². The summed E-state index contributed by atoms with van der Waals surface area (Å²) in [4.78, 5) is 23.1. The minimum Gasteiger partial charge on any atom is -0.356 e. The smallest absolute Gasteiger partial charge is 0.322 e. The maximum Gasteiger partial charge on any atom is 0.322 e. The number of fused-ring (bicyclic) bond motifs is 3. The Morgan fingerprint density at radius 1 is 1.17 bits per heavy atom. The Hall–Kier alpha value is -3.31. The average molecular weight is 417 g/mol. The van der Waals surface area contributed by atoms with Crippen molar-refractivity contribution in [3.8, 4) is 0 Å². The lowest BCUT2D eigenvalue weighted by molar-refractivity contribution is 0.193. The number of para-hydroxylation sites is 1. The first-order chi connectivity index (χ1) is 14.6. The van der Waals surface area contributed by atoms with Crippen molar-refractivity contribution in [3.05, 3.63) is 94.4 Å². The number of H-pyrrole nitrogens is 1. The van der Waals surface area contributed by atoms with E-state index in [1.165, 1.54) is 10.9 Å². The van der Waals surface area contributed by atoms with E-state index in [-0.39, 0.29) is 12.1 Å². The molecule has 0 saturated carbocycles. The van der Waals surface area contributed by atoms with Gasteiger partial charge in [-0.1, -0.05) is 41.9 Å². The van der Waals surface area contributed by atoms with E-state index < -0.39 is 0 Å². The Kier molecular flexibility index (Phi) is 4.68. The molecule has 0 bridgehead atoms. The van der Waals surface area contributed by atoms with Gasteiger partial charge in [0.15, 0.2) is 0 Å². The molecule has 6 heteroatoms. The van der Waals surface area contributed by atoms with E-state index >= 15 is 0 Å². The highest BCUT2D eigenvalue weighted by atomic mass is 35.5. The van der Waals surface area contributed by atoms with Crippen LogP contribution < -0.4 is 5.32 Å². The van der Waals surface area contributed by atoms with Crippen LogP contribution in [0.4, 0.5) is 10.5 Å². The normalized spacial score (nSPS) is 15.8. The molecule has 3 heterocycles. The lowest BCUT2D eigenvalue weighted by atomic mass is 9.93. The molecular weight excluding hydrogens is 396 g/mol. The molecule has 0 saturated heterocycles. The first-order valence-electron chi connectivity index (χ1n) is 9.95. The van der Waals surface area contributed by atoms with Crippen molar-refractivity contribution in [2.24, 2.45) is 0 Å². The first-order valence-corrected chi connectivity index (χ1v) is 10.3. The number of aromatic nitrogens is 2. The van der Waals surface area contributed by atoms with Crippen molar-refractivity contribution in [1.82, 2.24) is 14.9 Å². The summed E-state index contributed by atoms with van der Waals surface area (Å²) in [6.45, 7) is 2.52. The van der Waals surface area contributed by atoms with E-state index in [1.807, 2.05) is 54.4 Å². The van der Waals surface area contributed by atoms with Gasteiger partial charge < -0.3 is 15.2 Å². The second-order valence-electron chi connectivity index (χ2n) is 7.54. The fourth-order valence-electron chi connectivity index (χ4n) is 4.27. The molecule has 150 valence electrons. The summed E-state index contributed by atoms with van der Waals surface area (Å²) in [5.74, 6) is 0. The first kappa shape index (κ1) is 18.7. The molecule has 2 aromatic carbocycles. The second-order valence-corrected chi connectivity index (χ2v) is 7.94. The van der Waals surface area contributed by atoms with Crippen LogP contribution in [0.25, 0.3) is 10.9 Å². The molecule has 2 amide bonds. The van der Waals surface area contributed by atoms with E-state index in [4.69, 9.17) is 11.6 Å². The van der Waals surface area contributed by atoms with Gasteiger partial charge in [-0.2, -0.15) is 0 Å². The van der Waals surface area contributed by atoms with Crippen molar-refractivity contribution in [1.29, 1.82) is 0 Å². The molecule has 2 N–H and O–H groups in total. The molecule has 1 aliphatic heterocycles. The third-order valence-electron chi connectivity index (χ3n) is 5.80. The van der Waals surface area contributed by atoms with Crippen LogP contribution >= 0.6 is 11.6 Å². The largest absolute Gasteiger partial charge is 0.356 e. The monoisotopic (exact) mass is 416 g/mol. The number of pyridine rings is 1. The fourth-order valence-corrected chi connectivity index (χ4v) is 4.45. The number of carbonyl (C=O) groups excluding carboxylic acids is 1. The van der Waals surface area contributed by atoms with Gasteiger partial charge in [-0.05, 0) is 54.3 Å². The third kappa shape index (κ3) is 3.12. The molecule has 1 aliphatic rings. The van der Waals surface area contributed by atoms with Gasteiger partial charge in [0.2, 0.25) is 0 Å². The van der Waals surface area contributed by atoms with Crippen LogP contribution in [0.3, 0.4) is 0 Å². The molecule has 30 heavy (non-hydrogen) atoms. The van der Waals surface area contributed by atoms with Gasteiger partial charge in [-0.25, -0.2) is 4.79 Å². The Bertz CT molecular complexity index is 1230. The summed E-state index contributed by atoms with van der Waals surface area (Å²) in [6, 6.07) is 17.4. The van der Waals surface area contributed by atoms with E-state index in [0.29, 0.717) is 11.6 Å². The summed E-state index contributed by atoms with van der Waals surface area (Å²) >= 11 is 6.24. The van der Waals surface area contributed by atoms with Crippen molar-refractivity contribution in [2.45, 2.75) is 19.4 Å². The van der Waals surface area contributed by atoms with Crippen molar-refractivity contribution < 1.29 is 4.79 Å². The predicted octanol–water partition coefficient (Wildman–Crippen LogP) is 5.70. The van der Waals surface area contributed by atoms with Crippen LogP contribution in [-0.4, -0.2) is 27.4 Å². The average Bonchev–Trinajstić information content (AvgIpc) is 3.15. The summed E-state index contributed by atoms with van der Waals surface area (Å²) in [6.07, 6.45) is 4.37. The van der Waals surface area contributed by atoms with Crippen molar-refractivity contribution in [2.75, 3.05) is 11.9 Å². The number of anilines is 1. The van der Waals surface area contributed by atoms with Crippen molar-refractivity contribution >= 4 is 34.2 Å². The summed E-state index contributed by atoms with van der Waals surface area (Å²) in [7, 11) is 0. The molecule has 0 fully saturated rings. The predicted molar refractivity (Wildman–Crippen MR) is 120 cm³/mol. The highest BCUT2D eigenvalue weighted by Gasteiger charge is 2.34. The van der Waals surface area contributed by atoms with Crippen LogP contribution in [0.15, 0.2) is 67.0 Å². The van der Waals surface area contributed by atoms with Gasteiger partial charge in [-0.3, -0.25) is 4.98 Å². The Balaban J connectivity index is 1.57. The zero-order valence-electron chi connectivity index (χ0n) is 16.5. The molecule has 0 unspecified atom stereocenters. The standard InChI is InChI=1S/C24H21ClN4O/c1-15-19(25)8-4-10-20(15)28-24(30)29-13-11-18-17-7-2-3-9-21(17)27-22(18)23(29)16-6-5-12-26-14-16/h2-10,12,14,23,27H,11,13H2,1H3,(H,28,30)/t23-/m0/s1. The Labute approximate surface area is 179 Å². The number of rotatable bonds is 2. The number of carbonyl (C=O) groups is 1. The quantitative estimate of drug-likeness (QED) is 0.440. The van der Waals surface area contributed by atoms with E-state index in [0.717, 1.165) is 34.4 Å². The maximum atomic E-state index is 13.4. The number of hydrogen-bond donors (Lipinski definition) is 2. The number of hydrogen-bond acceptors (Lipinski definition) is 2. The van der Waals surface area contributed by atoms with Gasteiger partial charge in [-0.15, -0.1) is 0 Å². The van der Waals surface area contributed by atoms with E-state index in [1.54, 1.807) is 6.20 Å². The summed E-state index contributed by atoms with van der Waals surface area (Å²) in [5.41, 5.74) is 5.96. The zero-order valence-corrected chi connectivity index (χ0v) is 17.3. The number of nitrogens with one attached hydrogen (secondary N) is 2. The summed E-state index contributed by atoms with van der Waals surface area (Å²) in [5, 5.41) is 4.90. The molecule has 0 spiro atoms. The molecular formula is C24H21ClN4O. The van der Waals surface area contributed by atoms with Crippen LogP contribution in [0.5, 0.6) is 0 Å². The van der Waals surface area contributed by atoms with Crippen LogP contribution in [0, 0.1) is 6.92 Å². The van der Waals surface area contributed by atoms with Gasteiger partial charge in [0.05, 0.1) is 0 Å². The zero-order chi connectivity index (χ0) is 20.7. The van der Waals surface area contributed by atoms with E-state index in [2.05, 4.69) is 33.5 Å². The SMILES string of the molecule is Cc1c(Cl)cccc1NC(=O)N1CCc2c([nH]c3ccccc23)[C@@H]1c1cccnc1. The fraction of sp³-hybridized carbons (Fsp3) is 0.167. The molecule has 1 atom stereocenters. The number of amides is 2. The van der Waals surface area contributed by atoms with Crippen LogP contribution in [0.1, 0.15) is 28.4 Å².